The van der Waals surface area contributed by atoms with Gasteiger partial charge in [-0.1, -0.05) is 61.7 Å². The van der Waals surface area contributed by atoms with Crippen LogP contribution in [0, 0.1) is 12.8 Å². The molecule has 0 aromatic heterocycles. The van der Waals surface area contributed by atoms with Crippen molar-refractivity contribution in [1.29, 1.82) is 0 Å². The third kappa shape index (κ3) is 5.62. The van der Waals surface area contributed by atoms with E-state index in [0.29, 0.717) is 48.1 Å². The molecule has 1 amide bonds. The van der Waals surface area contributed by atoms with Crippen LogP contribution < -0.4 is 4.74 Å². The Morgan fingerprint density at radius 3 is 2.49 bits per heavy atom. The summed E-state index contributed by atoms with van der Waals surface area (Å²) in [7, 11) is 3.99. The molecule has 1 aliphatic heterocycles. The maximum atomic E-state index is 14.3. The SMILES string of the molecule is Cc1c(O)cc(O)c(C2c3ccccc3CCN2C(=O)c2ccccc2CN(C)C)c1OCC1CCCCC1. The van der Waals surface area contributed by atoms with Crippen LogP contribution in [-0.2, 0) is 13.0 Å². The smallest absolute Gasteiger partial charge is 0.254 e. The number of ether oxygens (including phenoxy) is 1. The van der Waals surface area contributed by atoms with E-state index in [1.54, 1.807) is 0 Å². The van der Waals surface area contributed by atoms with Crippen molar-refractivity contribution in [2.75, 3.05) is 27.2 Å². The molecule has 1 aliphatic carbocycles. The minimum absolute atomic E-state index is 0.00630. The zero-order chi connectivity index (χ0) is 27.5. The molecule has 3 aromatic rings. The van der Waals surface area contributed by atoms with Gasteiger partial charge in [0.05, 0.1) is 18.2 Å². The maximum absolute atomic E-state index is 14.3. The molecule has 0 bridgehead atoms. The second-order valence-corrected chi connectivity index (χ2v) is 11.3. The normalized spacial score (nSPS) is 17.7. The summed E-state index contributed by atoms with van der Waals surface area (Å²) in [6, 6.07) is 16.7. The van der Waals surface area contributed by atoms with Gasteiger partial charge in [-0.3, -0.25) is 4.79 Å². The second kappa shape index (κ2) is 11.7. The van der Waals surface area contributed by atoms with Crippen LogP contribution in [0.3, 0.4) is 0 Å². The van der Waals surface area contributed by atoms with Gasteiger partial charge in [0.1, 0.15) is 17.2 Å². The summed E-state index contributed by atoms with van der Waals surface area (Å²) in [5, 5.41) is 22.1. The van der Waals surface area contributed by atoms with Gasteiger partial charge in [0.25, 0.3) is 5.91 Å². The van der Waals surface area contributed by atoms with Crippen LogP contribution >= 0.6 is 0 Å². The number of nitrogens with zero attached hydrogens (tertiary/aromatic N) is 2. The lowest BCUT2D eigenvalue weighted by atomic mass is 9.85. The number of fused-ring (bicyclic) bond motifs is 1. The summed E-state index contributed by atoms with van der Waals surface area (Å²) in [6.07, 6.45) is 6.65. The number of amides is 1. The van der Waals surface area contributed by atoms with E-state index < -0.39 is 6.04 Å². The lowest BCUT2D eigenvalue weighted by Crippen LogP contribution is -2.41. The fourth-order valence-electron chi connectivity index (χ4n) is 6.21. The highest BCUT2D eigenvalue weighted by atomic mass is 16.5. The molecule has 1 atom stereocenters. The number of benzene rings is 3. The minimum Gasteiger partial charge on any atom is -0.507 e. The van der Waals surface area contributed by atoms with Crippen molar-refractivity contribution in [3.8, 4) is 17.2 Å². The van der Waals surface area contributed by atoms with Gasteiger partial charge in [-0.25, -0.2) is 0 Å². The molecule has 6 heteroatoms. The first kappa shape index (κ1) is 27.1. The zero-order valence-electron chi connectivity index (χ0n) is 23.3. The number of rotatable bonds is 7. The van der Waals surface area contributed by atoms with Gasteiger partial charge in [-0.15, -0.1) is 0 Å². The first-order valence-electron chi connectivity index (χ1n) is 14.1. The van der Waals surface area contributed by atoms with Crippen molar-refractivity contribution in [1.82, 2.24) is 9.80 Å². The Kier molecular flexibility index (Phi) is 8.12. The predicted molar refractivity (Wildman–Crippen MR) is 153 cm³/mol. The van der Waals surface area contributed by atoms with Crippen LogP contribution in [0.25, 0.3) is 0 Å². The number of hydrogen-bond donors (Lipinski definition) is 2. The van der Waals surface area contributed by atoms with Crippen molar-refractivity contribution in [3.63, 3.8) is 0 Å². The van der Waals surface area contributed by atoms with Crippen LogP contribution in [-0.4, -0.2) is 53.2 Å². The Labute approximate surface area is 231 Å². The highest BCUT2D eigenvalue weighted by molar-refractivity contribution is 5.96. The van der Waals surface area contributed by atoms with Crippen molar-refractivity contribution in [2.24, 2.45) is 5.92 Å². The summed E-state index contributed by atoms with van der Waals surface area (Å²) in [6.45, 7) is 3.51. The largest absolute Gasteiger partial charge is 0.507 e. The molecule has 1 heterocycles. The van der Waals surface area contributed by atoms with E-state index in [-0.39, 0.29) is 17.4 Å². The van der Waals surface area contributed by atoms with Gasteiger partial charge in [0.15, 0.2) is 0 Å². The van der Waals surface area contributed by atoms with E-state index in [1.165, 1.54) is 25.3 Å². The molecule has 5 rings (SSSR count). The Balaban J connectivity index is 1.61. The van der Waals surface area contributed by atoms with Crippen LogP contribution in [0.1, 0.15) is 76.3 Å². The zero-order valence-corrected chi connectivity index (χ0v) is 23.3. The standard InChI is InChI=1S/C33H40N2O4/c1-22-28(36)19-29(37)30(32(22)39-21-23-11-5-4-6-12-23)31-26-15-9-7-13-24(26)17-18-35(31)33(38)27-16-10-8-14-25(27)20-34(2)3/h7-10,13-16,19,23,31,36-37H,4-6,11-12,17-18,20-21H2,1-3H3. The maximum Gasteiger partial charge on any atom is 0.254 e. The van der Waals surface area contributed by atoms with Crippen molar-refractivity contribution < 1.29 is 19.7 Å². The summed E-state index contributed by atoms with van der Waals surface area (Å²) >= 11 is 0. The quantitative estimate of drug-likeness (QED) is 0.381. The molecule has 3 aromatic carbocycles. The number of carbonyl (C=O) groups is 1. The van der Waals surface area contributed by atoms with Crippen molar-refractivity contribution in [3.05, 3.63) is 88.0 Å². The first-order valence-corrected chi connectivity index (χ1v) is 14.1. The van der Waals surface area contributed by atoms with Gasteiger partial charge in [-0.05, 0) is 69.0 Å². The monoisotopic (exact) mass is 528 g/mol. The van der Waals surface area contributed by atoms with E-state index in [2.05, 4.69) is 11.0 Å². The Bertz CT molecular complexity index is 1330. The van der Waals surface area contributed by atoms with Crippen LogP contribution in [0.2, 0.25) is 0 Å². The molecule has 1 unspecified atom stereocenters. The lowest BCUT2D eigenvalue weighted by molar-refractivity contribution is 0.0687. The molecule has 6 nitrogen and oxygen atoms in total. The van der Waals surface area contributed by atoms with E-state index >= 15 is 0 Å². The second-order valence-electron chi connectivity index (χ2n) is 11.3. The molecule has 0 spiro atoms. The molecule has 1 fully saturated rings. The van der Waals surface area contributed by atoms with E-state index in [1.807, 2.05) is 68.4 Å². The summed E-state index contributed by atoms with van der Waals surface area (Å²) in [5.74, 6) is 0.797. The third-order valence-corrected chi connectivity index (χ3v) is 8.26. The Morgan fingerprint density at radius 2 is 1.72 bits per heavy atom. The number of phenolic OH excluding ortho intramolecular Hbond substituents is 2. The molecule has 206 valence electrons. The molecule has 0 radical (unpaired) electrons. The van der Waals surface area contributed by atoms with E-state index in [9.17, 15) is 15.0 Å². The fraction of sp³-hybridized carbons (Fsp3) is 0.424. The molecule has 0 saturated heterocycles. The van der Waals surface area contributed by atoms with E-state index in [4.69, 9.17) is 4.74 Å². The van der Waals surface area contributed by atoms with Gasteiger partial charge >= 0.3 is 0 Å². The first-order chi connectivity index (χ1) is 18.8. The molecular weight excluding hydrogens is 488 g/mol. The van der Waals surface area contributed by atoms with Crippen LogP contribution in [0.15, 0.2) is 54.6 Å². The molecule has 39 heavy (non-hydrogen) atoms. The minimum atomic E-state index is -0.546. The average molecular weight is 529 g/mol. The highest BCUT2D eigenvalue weighted by Crippen LogP contribution is 2.48. The van der Waals surface area contributed by atoms with Gasteiger partial charge in [0.2, 0.25) is 0 Å². The summed E-state index contributed by atoms with van der Waals surface area (Å²) in [5.41, 5.74) is 4.88. The van der Waals surface area contributed by atoms with Crippen molar-refractivity contribution in [2.45, 2.75) is 58.0 Å². The number of aromatic hydroxyl groups is 2. The Morgan fingerprint density at radius 1 is 1.00 bits per heavy atom. The predicted octanol–water partition coefficient (Wildman–Crippen LogP) is 6.21. The number of hydrogen-bond acceptors (Lipinski definition) is 5. The molecular formula is C33H40N2O4. The van der Waals surface area contributed by atoms with Crippen molar-refractivity contribution >= 4 is 5.91 Å². The summed E-state index contributed by atoms with van der Waals surface area (Å²) in [4.78, 5) is 18.2. The summed E-state index contributed by atoms with van der Waals surface area (Å²) < 4.78 is 6.48. The van der Waals surface area contributed by atoms with Gasteiger partial charge < -0.3 is 24.7 Å². The molecule has 1 saturated carbocycles. The highest BCUT2D eigenvalue weighted by Gasteiger charge is 2.37. The van der Waals surface area contributed by atoms with Crippen LogP contribution in [0.5, 0.6) is 17.2 Å². The topological polar surface area (TPSA) is 73.2 Å². The number of phenols is 2. The fourth-order valence-corrected chi connectivity index (χ4v) is 6.21. The van der Waals surface area contributed by atoms with Gasteiger partial charge in [0, 0.05) is 30.3 Å². The third-order valence-electron chi connectivity index (χ3n) is 8.26. The van der Waals surface area contributed by atoms with Gasteiger partial charge in [-0.2, -0.15) is 0 Å². The van der Waals surface area contributed by atoms with E-state index in [0.717, 1.165) is 36.0 Å². The lowest BCUT2D eigenvalue weighted by Gasteiger charge is -2.39. The number of carbonyl (C=O) groups excluding carboxylic acids is 1. The molecule has 2 aliphatic rings. The van der Waals surface area contributed by atoms with Crippen LogP contribution in [0.4, 0.5) is 0 Å². The Hall–Kier alpha value is -3.51. The average Bonchev–Trinajstić information content (AvgIpc) is 2.94. The molecule has 2 N–H and O–H groups in total.